The molecule has 132 valence electrons. The summed E-state index contributed by atoms with van der Waals surface area (Å²) in [4.78, 5) is 11.6. The molecular weight excluding hydrogens is 328 g/mol. The van der Waals surface area contributed by atoms with E-state index in [0.717, 1.165) is 16.7 Å². The van der Waals surface area contributed by atoms with Crippen molar-refractivity contribution >= 4 is 5.97 Å². The second-order valence-electron chi connectivity index (χ2n) is 5.85. The lowest BCUT2D eigenvalue weighted by Crippen LogP contribution is -2.29. The van der Waals surface area contributed by atoms with Gasteiger partial charge in [0, 0.05) is 6.42 Å². The summed E-state index contributed by atoms with van der Waals surface area (Å²) in [5, 5.41) is 9.53. The van der Waals surface area contributed by atoms with E-state index in [1.807, 2.05) is 66.7 Å². The molecule has 0 bridgehead atoms. The quantitative estimate of drug-likeness (QED) is 0.686. The molecule has 0 fully saturated rings. The van der Waals surface area contributed by atoms with Crippen molar-refractivity contribution in [2.75, 3.05) is 7.11 Å². The number of carbonyl (C=O) groups is 1. The van der Waals surface area contributed by atoms with E-state index in [1.165, 1.54) is 0 Å². The van der Waals surface area contributed by atoms with Gasteiger partial charge in [0.05, 0.1) is 7.11 Å². The van der Waals surface area contributed by atoms with Gasteiger partial charge < -0.3 is 14.6 Å². The van der Waals surface area contributed by atoms with Crippen LogP contribution in [0.15, 0.2) is 78.9 Å². The van der Waals surface area contributed by atoms with Crippen LogP contribution >= 0.6 is 0 Å². The van der Waals surface area contributed by atoms with Crippen LogP contribution in [0.5, 0.6) is 11.5 Å². The van der Waals surface area contributed by atoms with Gasteiger partial charge in [-0.3, -0.25) is 0 Å². The van der Waals surface area contributed by atoms with E-state index in [9.17, 15) is 9.90 Å². The number of methoxy groups -OCH3 is 1. The molecule has 0 aromatic heterocycles. The summed E-state index contributed by atoms with van der Waals surface area (Å²) in [6.45, 7) is 0. The van der Waals surface area contributed by atoms with E-state index >= 15 is 0 Å². The molecule has 0 heterocycles. The predicted molar refractivity (Wildman–Crippen MR) is 101 cm³/mol. The van der Waals surface area contributed by atoms with Gasteiger partial charge in [0.25, 0.3) is 0 Å². The number of hydrogen-bond acceptors (Lipinski definition) is 3. The maximum atomic E-state index is 11.6. The van der Waals surface area contributed by atoms with Crippen LogP contribution in [0.25, 0.3) is 11.1 Å². The third kappa shape index (κ3) is 4.22. The summed E-state index contributed by atoms with van der Waals surface area (Å²) in [5.74, 6) is 0.164. The SMILES string of the molecule is COc1ccccc1C[C@@H](Oc1ccc(-c2ccccc2)cc1)C(=O)O. The summed E-state index contributed by atoms with van der Waals surface area (Å²) in [6, 6.07) is 24.8. The molecule has 0 saturated heterocycles. The fourth-order valence-corrected chi connectivity index (χ4v) is 2.77. The zero-order valence-electron chi connectivity index (χ0n) is 14.5. The van der Waals surface area contributed by atoms with Crippen LogP contribution < -0.4 is 9.47 Å². The first-order valence-electron chi connectivity index (χ1n) is 8.34. The molecular formula is C22H20O4. The predicted octanol–water partition coefficient (Wildman–Crippen LogP) is 4.44. The van der Waals surface area contributed by atoms with E-state index < -0.39 is 12.1 Å². The van der Waals surface area contributed by atoms with Gasteiger partial charge in [-0.2, -0.15) is 0 Å². The minimum Gasteiger partial charge on any atom is -0.496 e. The van der Waals surface area contributed by atoms with Crippen LogP contribution in [-0.2, 0) is 11.2 Å². The molecule has 4 nitrogen and oxygen atoms in total. The van der Waals surface area contributed by atoms with Crippen LogP contribution in [0.3, 0.4) is 0 Å². The molecule has 0 amide bonds. The lowest BCUT2D eigenvalue weighted by Gasteiger charge is -2.17. The van der Waals surface area contributed by atoms with E-state index in [1.54, 1.807) is 19.2 Å². The first kappa shape index (κ1) is 17.5. The molecule has 0 aliphatic carbocycles. The largest absolute Gasteiger partial charge is 0.496 e. The van der Waals surface area contributed by atoms with Gasteiger partial charge in [-0.25, -0.2) is 4.79 Å². The smallest absolute Gasteiger partial charge is 0.345 e. The van der Waals surface area contributed by atoms with E-state index in [2.05, 4.69) is 0 Å². The lowest BCUT2D eigenvalue weighted by molar-refractivity contribution is -0.145. The number of rotatable bonds is 7. The molecule has 3 aromatic carbocycles. The van der Waals surface area contributed by atoms with Gasteiger partial charge in [0.15, 0.2) is 6.10 Å². The van der Waals surface area contributed by atoms with Gasteiger partial charge in [0.2, 0.25) is 0 Å². The molecule has 0 spiro atoms. The molecule has 0 unspecified atom stereocenters. The highest BCUT2D eigenvalue weighted by Gasteiger charge is 2.21. The minimum atomic E-state index is -1.01. The Morgan fingerprint density at radius 2 is 1.50 bits per heavy atom. The van der Waals surface area contributed by atoms with Crippen molar-refractivity contribution in [2.45, 2.75) is 12.5 Å². The summed E-state index contributed by atoms with van der Waals surface area (Å²) >= 11 is 0. The minimum absolute atomic E-state index is 0.222. The zero-order chi connectivity index (χ0) is 18.4. The zero-order valence-corrected chi connectivity index (χ0v) is 14.5. The Kier molecular flexibility index (Phi) is 5.54. The summed E-state index contributed by atoms with van der Waals surface area (Å²) < 4.78 is 11.0. The molecule has 0 aliphatic rings. The van der Waals surface area contributed by atoms with Crippen molar-refractivity contribution in [1.82, 2.24) is 0 Å². The van der Waals surface area contributed by atoms with E-state index in [0.29, 0.717) is 11.5 Å². The van der Waals surface area contributed by atoms with Gasteiger partial charge >= 0.3 is 5.97 Å². The number of ether oxygens (including phenoxy) is 2. The monoisotopic (exact) mass is 348 g/mol. The first-order chi connectivity index (χ1) is 12.7. The van der Waals surface area contributed by atoms with Crippen molar-refractivity contribution < 1.29 is 19.4 Å². The molecule has 1 atom stereocenters. The Bertz CT molecular complexity index is 857. The molecule has 26 heavy (non-hydrogen) atoms. The van der Waals surface area contributed by atoms with Crippen molar-refractivity contribution in [3.05, 3.63) is 84.4 Å². The summed E-state index contributed by atoms with van der Waals surface area (Å²) in [7, 11) is 1.57. The van der Waals surface area contributed by atoms with E-state index in [4.69, 9.17) is 9.47 Å². The number of carboxylic acids is 1. The Morgan fingerprint density at radius 3 is 2.15 bits per heavy atom. The third-order valence-electron chi connectivity index (χ3n) is 4.11. The number of hydrogen-bond donors (Lipinski definition) is 1. The molecule has 0 radical (unpaired) electrons. The fraction of sp³-hybridized carbons (Fsp3) is 0.136. The second kappa shape index (κ2) is 8.21. The topological polar surface area (TPSA) is 55.8 Å². The Hall–Kier alpha value is -3.27. The molecule has 0 aliphatic heterocycles. The van der Waals surface area contributed by atoms with Gasteiger partial charge in [-0.15, -0.1) is 0 Å². The number of carboxylic acid groups (broad SMARTS) is 1. The van der Waals surface area contributed by atoms with Crippen molar-refractivity contribution in [2.24, 2.45) is 0 Å². The van der Waals surface area contributed by atoms with Crippen LogP contribution in [0, 0.1) is 0 Å². The molecule has 0 saturated carbocycles. The first-order valence-corrected chi connectivity index (χ1v) is 8.34. The lowest BCUT2D eigenvalue weighted by atomic mass is 10.1. The molecule has 1 N–H and O–H groups in total. The fourth-order valence-electron chi connectivity index (χ4n) is 2.77. The van der Waals surface area contributed by atoms with Crippen LogP contribution in [0.1, 0.15) is 5.56 Å². The number of benzene rings is 3. The van der Waals surface area contributed by atoms with E-state index in [-0.39, 0.29) is 6.42 Å². The Labute approximate surface area is 152 Å². The normalized spacial score (nSPS) is 11.6. The molecule has 3 rings (SSSR count). The van der Waals surface area contributed by atoms with Crippen LogP contribution in [0.4, 0.5) is 0 Å². The maximum Gasteiger partial charge on any atom is 0.345 e. The Balaban J connectivity index is 1.75. The highest BCUT2D eigenvalue weighted by atomic mass is 16.5. The van der Waals surface area contributed by atoms with Crippen molar-refractivity contribution in [3.8, 4) is 22.6 Å². The van der Waals surface area contributed by atoms with Crippen molar-refractivity contribution in [3.63, 3.8) is 0 Å². The summed E-state index contributed by atoms with van der Waals surface area (Å²) in [5.41, 5.74) is 2.95. The molecule has 3 aromatic rings. The van der Waals surface area contributed by atoms with Crippen molar-refractivity contribution in [1.29, 1.82) is 0 Å². The standard InChI is InChI=1S/C22H20O4/c1-25-20-10-6-5-9-18(20)15-21(22(23)24)26-19-13-11-17(12-14-19)16-7-3-2-4-8-16/h2-14,21H,15H2,1H3,(H,23,24)/t21-/m1/s1. The van der Waals surface area contributed by atoms with Gasteiger partial charge in [-0.1, -0.05) is 60.7 Å². The molecule has 4 heteroatoms. The third-order valence-corrected chi connectivity index (χ3v) is 4.11. The summed E-state index contributed by atoms with van der Waals surface area (Å²) in [6.07, 6.45) is -0.770. The second-order valence-corrected chi connectivity index (χ2v) is 5.85. The average molecular weight is 348 g/mol. The van der Waals surface area contributed by atoms with Gasteiger partial charge in [0.1, 0.15) is 11.5 Å². The highest BCUT2D eigenvalue weighted by Crippen LogP contribution is 2.24. The van der Waals surface area contributed by atoms with Crippen LogP contribution in [0.2, 0.25) is 0 Å². The Morgan fingerprint density at radius 1 is 0.885 bits per heavy atom. The highest BCUT2D eigenvalue weighted by molar-refractivity contribution is 5.73. The number of para-hydroxylation sites is 1. The average Bonchev–Trinajstić information content (AvgIpc) is 2.69. The number of aliphatic carboxylic acids is 1. The van der Waals surface area contributed by atoms with Gasteiger partial charge in [-0.05, 0) is 34.9 Å². The van der Waals surface area contributed by atoms with Crippen LogP contribution in [-0.4, -0.2) is 24.3 Å². The maximum absolute atomic E-state index is 11.6.